The summed E-state index contributed by atoms with van der Waals surface area (Å²) in [6.07, 6.45) is 3.63. The Bertz CT molecular complexity index is 147. The van der Waals surface area contributed by atoms with E-state index < -0.39 is 0 Å². The zero-order valence-corrected chi connectivity index (χ0v) is 9.24. The molecule has 0 amide bonds. The predicted octanol–water partition coefficient (Wildman–Crippen LogP) is 0.560. The molecule has 2 unspecified atom stereocenters. The molecule has 4 nitrogen and oxygen atoms in total. The van der Waals surface area contributed by atoms with Crippen LogP contribution in [0.25, 0.3) is 0 Å². The van der Waals surface area contributed by atoms with Gasteiger partial charge in [-0.15, -0.1) is 0 Å². The van der Waals surface area contributed by atoms with E-state index in [4.69, 9.17) is 14.2 Å². The van der Waals surface area contributed by atoms with Gasteiger partial charge in [0.05, 0.1) is 19.3 Å². The van der Waals surface area contributed by atoms with Gasteiger partial charge in [-0.2, -0.15) is 0 Å². The van der Waals surface area contributed by atoms with E-state index in [-0.39, 0.29) is 0 Å². The maximum atomic E-state index is 5.67. The zero-order valence-electron chi connectivity index (χ0n) is 9.24. The fourth-order valence-electron chi connectivity index (χ4n) is 1.97. The fraction of sp³-hybridized carbons (Fsp3) is 1.00. The van der Waals surface area contributed by atoms with Crippen LogP contribution < -0.4 is 5.32 Å². The SMILES string of the molecule is C(CNC1CCOC1)COC1CCOC1. The molecular weight excluding hydrogens is 194 g/mol. The van der Waals surface area contributed by atoms with E-state index in [1.807, 2.05) is 0 Å². The van der Waals surface area contributed by atoms with Gasteiger partial charge in [0.1, 0.15) is 0 Å². The second kappa shape index (κ2) is 6.43. The number of nitrogens with one attached hydrogen (secondary N) is 1. The van der Waals surface area contributed by atoms with Gasteiger partial charge in [-0.3, -0.25) is 0 Å². The summed E-state index contributed by atoms with van der Waals surface area (Å²) in [5, 5.41) is 3.47. The highest BCUT2D eigenvalue weighted by Crippen LogP contribution is 2.08. The van der Waals surface area contributed by atoms with E-state index in [1.54, 1.807) is 0 Å². The molecule has 2 atom stereocenters. The number of hydrogen-bond donors (Lipinski definition) is 1. The van der Waals surface area contributed by atoms with Crippen LogP contribution in [0.3, 0.4) is 0 Å². The van der Waals surface area contributed by atoms with Gasteiger partial charge < -0.3 is 19.5 Å². The van der Waals surface area contributed by atoms with Gasteiger partial charge in [0.2, 0.25) is 0 Å². The third-order valence-corrected chi connectivity index (χ3v) is 2.93. The van der Waals surface area contributed by atoms with Crippen LogP contribution in [0.5, 0.6) is 0 Å². The number of rotatable bonds is 6. The van der Waals surface area contributed by atoms with Crippen LogP contribution in [0.1, 0.15) is 19.3 Å². The molecule has 2 heterocycles. The second-order valence-electron chi connectivity index (χ2n) is 4.22. The van der Waals surface area contributed by atoms with E-state index in [9.17, 15) is 0 Å². The molecule has 2 aliphatic rings. The summed E-state index contributed by atoms with van der Waals surface area (Å²) in [5.74, 6) is 0. The van der Waals surface area contributed by atoms with Gasteiger partial charge in [-0.05, 0) is 25.8 Å². The van der Waals surface area contributed by atoms with E-state index in [1.165, 1.54) is 0 Å². The molecule has 4 heteroatoms. The van der Waals surface area contributed by atoms with Crippen LogP contribution >= 0.6 is 0 Å². The smallest absolute Gasteiger partial charge is 0.0830 e. The molecule has 2 saturated heterocycles. The summed E-state index contributed by atoms with van der Waals surface area (Å²) in [6, 6.07) is 0.569. The van der Waals surface area contributed by atoms with Gasteiger partial charge in [-0.25, -0.2) is 0 Å². The third-order valence-electron chi connectivity index (χ3n) is 2.93. The van der Waals surface area contributed by atoms with Crippen molar-refractivity contribution in [2.24, 2.45) is 0 Å². The normalized spacial score (nSPS) is 31.2. The Morgan fingerprint density at radius 2 is 2.00 bits per heavy atom. The van der Waals surface area contributed by atoms with Crippen molar-refractivity contribution in [2.45, 2.75) is 31.4 Å². The highest BCUT2D eigenvalue weighted by atomic mass is 16.5. The first-order chi connectivity index (χ1) is 7.45. The summed E-state index contributed by atoms with van der Waals surface area (Å²) < 4.78 is 16.2. The fourth-order valence-corrected chi connectivity index (χ4v) is 1.97. The van der Waals surface area contributed by atoms with E-state index in [0.29, 0.717) is 12.1 Å². The summed E-state index contributed by atoms with van der Waals surface area (Å²) >= 11 is 0. The topological polar surface area (TPSA) is 39.7 Å². The molecule has 0 bridgehead atoms. The average molecular weight is 215 g/mol. The molecule has 2 fully saturated rings. The molecule has 0 radical (unpaired) electrons. The Balaban J connectivity index is 1.41. The second-order valence-corrected chi connectivity index (χ2v) is 4.22. The highest BCUT2D eigenvalue weighted by molar-refractivity contribution is 4.70. The van der Waals surface area contributed by atoms with Crippen LogP contribution in [-0.2, 0) is 14.2 Å². The standard InChI is InChI=1S/C11H21NO3/c1(4-12-10-2-6-13-8-10)5-15-11-3-7-14-9-11/h10-12H,1-9H2. The van der Waals surface area contributed by atoms with Gasteiger partial charge in [-0.1, -0.05) is 0 Å². The van der Waals surface area contributed by atoms with Gasteiger partial charge in [0.25, 0.3) is 0 Å². The van der Waals surface area contributed by atoms with Crippen molar-refractivity contribution in [3.05, 3.63) is 0 Å². The van der Waals surface area contributed by atoms with Gasteiger partial charge in [0.15, 0.2) is 0 Å². The van der Waals surface area contributed by atoms with Crippen molar-refractivity contribution >= 4 is 0 Å². The Kier molecular flexibility index (Phi) is 4.86. The van der Waals surface area contributed by atoms with Crippen LogP contribution in [-0.4, -0.2) is 51.7 Å². The third kappa shape index (κ3) is 4.07. The van der Waals surface area contributed by atoms with Gasteiger partial charge in [0, 0.05) is 25.9 Å². The average Bonchev–Trinajstić information content (AvgIpc) is 2.88. The first kappa shape index (κ1) is 11.3. The van der Waals surface area contributed by atoms with Gasteiger partial charge >= 0.3 is 0 Å². The first-order valence-corrected chi connectivity index (χ1v) is 5.95. The van der Waals surface area contributed by atoms with Crippen molar-refractivity contribution in [2.75, 3.05) is 39.6 Å². The van der Waals surface area contributed by atoms with E-state index >= 15 is 0 Å². The highest BCUT2D eigenvalue weighted by Gasteiger charge is 2.16. The van der Waals surface area contributed by atoms with Crippen LogP contribution in [0, 0.1) is 0 Å². The molecule has 0 aliphatic carbocycles. The lowest BCUT2D eigenvalue weighted by atomic mass is 10.2. The quantitative estimate of drug-likeness (QED) is 0.657. The molecule has 0 aromatic rings. The molecule has 1 N–H and O–H groups in total. The maximum absolute atomic E-state index is 5.67. The van der Waals surface area contributed by atoms with Crippen LogP contribution in [0.4, 0.5) is 0 Å². The summed E-state index contributed by atoms with van der Waals surface area (Å²) in [4.78, 5) is 0. The lowest BCUT2D eigenvalue weighted by Gasteiger charge is -2.12. The lowest BCUT2D eigenvalue weighted by Crippen LogP contribution is -2.30. The van der Waals surface area contributed by atoms with Crippen molar-refractivity contribution in [1.29, 1.82) is 0 Å². The van der Waals surface area contributed by atoms with Crippen molar-refractivity contribution in [1.82, 2.24) is 5.32 Å². The minimum atomic E-state index is 0.347. The van der Waals surface area contributed by atoms with E-state index in [0.717, 1.165) is 58.8 Å². The van der Waals surface area contributed by atoms with Crippen molar-refractivity contribution in [3.8, 4) is 0 Å². The largest absolute Gasteiger partial charge is 0.380 e. The summed E-state index contributed by atoms with van der Waals surface area (Å²) in [5.41, 5.74) is 0. The summed E-state index contributed by atoms with van der Waals surface area (Å²) in [6.45, 7) is 5.30. The first-order valence-electron chi connectivity index (χ1n) is 5.95. The molecule has 0 spiro atoms. The molecule has 2 rings (SSSR count). The van der Waals surface area contributed by atoms with Crippen LogP contribution in [0.2, 0.25) is 0 Å². The monoisotopic (exact) mass is 215 g/mol. The molecule has 0 aromatic carbocycles. The minimum Gasteiger partial charge on any atom is -0.380 e. The molecular formula is C11H21NO3. The number of ether oxygens (including phenoxy) is 3. The number of hydrogen-bond acceptors (Lipinski definition) is 4. The zero-order chi connectivity index (χ0) is 10.3. The van der Waals surface area contributed by atoms with Crippen molar-refractivity contribution in [3.63, 3.8) is 0 Å². The summed E-state index contributed by atoms with van der Waals surface area (Å²) in [7, 11) is 0. The molecule has 88 valence electrons. The Morgan fingerprint density at radius 1 is 1.13 bits per heavy atom. The Labute approximate surface area is 91.3 Å². The predicted molar refractivity (Wildman–Crippen MR) is 57.0 cm³/mol. The Morgan fingerprint density at radius 3 is 2.73 bits per heavy atom. The van der Waals surface area contributed by atoms with E-state index in [2.05, 4.69) is 5.32 Å². The van der Waals surface area contributed by atoms with Crippen LogP contribution in [0.15, 0.2) is 0 Å². The molecule has 0 aromatic heterocycles. The maximum Gasteiger partial charge on any atom is 0.0830 e. The van der Waals surface area contributed by atoms with Crippen molar-refractivity contribution < 1.29 is 14.2 Å². The minimum absolute atomic E-state index is 0.347. The Hall–Kier alpha value is -0.160. The lowest BCUT2D eigenvalue weighted by molar-refractivity contribution is 0.0413. The molecule has 0 saturated carbocycles. The molecule has 2 aliphatic heterocycles. The molecule has 15 heavy (non-hydrogen) atoms.